The van der Waals surface area contributed by atoms with Crippen molar-refractivity contribution in [2.24, 2.45) is 0 Å². The molecule has 0 amide bonds. The summed E-state index contributed by atoms with van der Waals surface area (Å²) in [5.74, 6) is 0. The summed E-state index contributed by atoms with van der Waals surface area (Å²) in [5.41, 5.74) is 0. The Morgan fingerprint density at radius 1 is 1.00 bits per heavy atom. The van der Waals surface area contributed by atoms with Gasteiger partial charge in [0, 0.05) is 12.3 Å². The minimum absolute atomic E-state index is 0.908. The molecule has 0 aromatic carbocycles. The van der Waals surface area contributed by atoms with Crippen molar-refractivity contribution < 1.29 is 0 Å². The fourth-order valence-corrected chi connectivity index (χ4v) is 4.16. The van der Waals surface area contributed by atoms with Crippen LogP contribution in [-0.4, -0.2) is 12.3 Å². The predicted molar refractivity (Wildman–Crippen MR) is 83.3 cm³/mol. The van der Waals surface area contributed by atoms with Gasteiger partial charge in [0.25, 0.3) is 0 Å². The molecule has 0 aromatic heterocycles. The highest BCUT2D eigenvalue weighted by molar-refractivity contribution is 14.1. The third-order valence-corrected chi connectivity index (χ3v) is 5.27. The Morgan fingerprint density at radius 2 is 1.58 bits per heavy atom. The second-order valence-electron chi connectivity index (χ2n) is 3.01. The van der Waals surface area contributed by atoms with Gasteiger partial charge in [0.2, 0.25) is 0 Å². The third kappa shape index (κ3) is 8.77. The lowest BCUT2D eigenvalue weighted by Gasteiger charge is -2.09. The van der Waals surface area contributed by atoms with Gasteiger partial charge in [-0.05, 0) is 25.7 Å². The maximum atomic E-state index is 2.59. The van der Waals surface area contributed by atoms with Gasteiger partial charge >= 0.3 is 0 Å². The first kappa shape index (κ1) is 14.2. The van der Waals surface area contributed by atoms with Gasteiger partial charge in [0.15, 0.2) is 0 Å². The van der Waals surface area contributed by atoms with E-state index in [2.05, 4.69) is 74.7 Å². The summed E-state index contributed by atoms with van der Waals surface area (Å²) < 4.78 is 3.14. The molecule has 74 valence electrons. The summed E-state index contributed by atoms with van der Waals surface area (Å²) in [7, 11) is 0. The molecule has 0 rings (SSSR count). The second kappa shape index (κ2) is 9.73. The topological polar surface area (TPSA) is 0 Å². The van der Waals surface area contributed by atoms with E-state index in [-0.39, 0.29) is 0 Å². The van der Waals surface area contributed by atoms with Crippen LogP contribution in [0.25, 0.3) is 0 Å². The normalized spacial score (nSPS) is 16.0. The quantitative estimate of drug-likeness (QED) is 0.337. The van der Waals surface area contributed by atoms with E-state index in [0.717, 1.165) is 7.85 Å². The summed E-state index contributed by atoms with van der Waals surface area (Å²) in [6.07, 6.45) is 6.98. The molecule has 2 unspecified atom stereocenters. The van der Waals surface area contributed by atoms with Crippen LogP contribution in [-0.2, 0) is 0 Å². The Kier molecular flexibility index (Phi) is 11.5. The molecule has 0 saturated carbocycles. The largest absolute Gasteiger partial charge is 0.0863 e. The van der Waals surface area contributed by atoms with E-state index in [1.165, 1.54) is 36.5 Å². The number of rotatable bonds is 7. The van der Waals surface area contributed by atoms with E-state index in [1.807, 2.05) is 0 Å². The van der Waals surface area contributed by atoms with Crippen molar-refractivity contribution in [2.45, 2.75) is 46.9 Å². The summed E-state index contributed by atoms with van der Waals surface area (Å²) in [6.45, 7) is 2.28. The van der Waals surface area contributed by atoms with E-state index in [4.69, 9.17) is 0 Å². The molecule has 12 heavy (non-hydrogen) atoms. The Bertz CT molecular complexity index is 95.8. The highest BCUT2D eigenvalue weighted by Gasteiger charge is 2.05. The van der Waals surface area contributed by atoms with E-state index < -0.39 is 0 Å². The molecule has 0 nitrogen and oxygen atoms in total. The molecule has 0 heterocycles. The van der Waals surface area contributed by atoms with E-state index in [9.17, 15) is 0 Å². The van der Waals surface area contributed by atoms with Crippen LogP contribution in [0.4, 0.5) is 0 Å². The van der Waals surface area contributed by atoms with Gasteiger partial charge in [-0.15, -0.1) is 0 Å². The Balaban J connectivity index is 3.18. The standard InChI is InChI=1S/C9H17I3/c1-2-8(11)4-3-5-9(12)6-7-10/h8-9H,2-7H2,1H3. The van der Waals surface area contributed by atoms with Gasteiger partial charge in [-0.2, -0.15) is 0 Å². The monoisotopic (exact) mass is 506 g/mol. The molecule has 0 aromatic rings. The van der Waals surface area contributed by atoms with Crippen molar-refractivity contribution in [1.29, 1.82) is 0 Å². The van der Waals surface area contributed by atoms with E-state index in [1.54, 1.807) is 0 Å². The van der Waals surface area contributed by atoms with Crippen molar-refractivity contribution in [2.75, 3.05) is 4.43 Å². The van der Waals surface area contributed by atoms with Gasteiger partial charge in [-0.25, -0.2) is 0 Å². The van der Waals surface area contributed by atoms with Gasteiger partial charge < -0.3 is 0 Å². The number of hydrogen-bond acceptors (Lipinski definition) is 0. The third-order valence-electron chi connectivity index (χ3n) is 1.90. The first-order valence-corrected chi connectivity index (χ1v) is 8.56. The average molecular weight is 506 g/mol. The fourth-order valence-electron chi connectivity index (χ4n) is 1.03. The molecule has 0 spiro atoms. The number of hydrogen-bond donors (Lipinski definition) is 0. The maximum Gasteiger partial charge on any atom is 0.0117 e. The second-order valence-corrected chi connectivity index (χ2v) is 7.61. The van der Waals surface area contributed by atoms with Gasteiger partial charge in [0.1, 0.15) is 0 Å². The minimum Gasteiger partial charge on any atom is -0.0863 e. The molecule has 0 aliphatic rings. The van der Waals surface area contributed by atoms with Crippen LogP contribution in [0.3, 0.4) is 0 Å². The van der Waals surface area contributed by atoms with Crippen molar-refractivity contribution in [1.82, 2.24) is 0 Å². The van der Waals surface area contributed by atoms with Gasteiger partial charge in [-0.1, -0.05) is 81.1 Å². The summed E-state index contributed by atoms with van der Waals surface area (Å²) >= 11 is 7.63. The lowest BCUT2D eigenvalue weighted by atomic mass is 10.1. The molecular formula is C9H17I3. The molecule has 0 fully saturated rings. The molecule has 0 radical (unpaired) electrons. The van der Waals surface area contributed by atoms with Crippen LogP contribution < -0.4 is 0 Å². The maximum absolute atomic E-state index is 2.59. The van der Waals surface area contributed by atoms with Gasteiger partial charge in [-0.3, -0.25) is 0 Å². The zero-order valence-electron chi connectivity index (χ0n) is 7.53. The average Bonchev–Trinajstić information content (AvgIpc) is 2.04. The Morgan fingerprint density at radius 3 is 2.08 bits per heavy atom. The van der Waals surface area contributed by atoms with Crippen molar-refractivity contribution in [3.05, 3.63) is 0 Å². The van der Waals surface area contributed by atoms with E-state index in [0.29, 0.717) is 0 Å². The molecule has 0 aliphatic carbocycles. The Hall–Kier alpha value is 2.19. The lowest BCUT2D eigenvalue weighted by Crippen LogP contribution is -2.01. The predicted octanol–water partition coefficient (Wildman–Crippen LogP) is 5.00. The summed E-state index contributed by atoms with van der Waals surface area (Å²) in [4.78, 5) is 0. The molecule has 0 N–H and O–H groups in total. The fraction of sp³-hybridized carbons (Fsp3) is 1.00. The minimum atomic E-state index is 0.908. The SMILES string of the molecule is CCC(I)CCCC(I)CCI. The summed E-state index contributed by atoms with van der Waals surface area (Å²) in [6, 6.07) is 0. The number of alkyl halides is 3. The molecule has 0 aliphatic heterocycles. The van der Waals surface area contributed by atoms with Crippen LogP contribution in [0.2, 0.25) is 0 Å². The number of halogens is 3. The molecule has 3 heteroatoms. The van der Waals surface area contributed by atoms with Crippen molar-refractivity contribution in [3.63, 3.8) is 0 Å². The first-order chi connectivity index (χ1) is 5.70. The van der Waals surface area contributed by atoms with Crippen LogP contribution in [0.1, 0.15) is 39.0 Å². The lowest BCUT2D eigenvalue weighted by molar-refractivity contribution is 0.643. The summed E-state index contributed by atoms with van der Waals surface area (Å²) in [5, 5.41) is 0. The smallest absolute Gasteiger partial charge is 0.0117 e. The first-order valence-electron chi connectivity index (χ1n) is 4.54. The Labute approximate surface area is 117 Å². The zero-order valence-corrected chi connectivity index (χ0v) is 14.0. The van der Waals surface area contributed by atoms with Crippen LogP contribution in [0.15, 0.2) is 0 Å². The molecular weight excluding hydrogens is 489 g/mol. The molecule has 0 bridgehead atoms. The van der Waals surface area contributed by atoms with Crippen molar-refractivity contribution >= 4 is 67.8 Å². The highest BCUT2D eigenvalue weighted by atomic mass is 127. The van der Waals surface area contributed by atoms with Crippen LogP contribution in [0.5, 0.6) is 0 Å². The molecule has 0 saturated heterocycles. The van der Waals surface area contributed by atoms with Crippen LogP contribution >= 0.6 is 67.8 Å². The van der Waals surface area contributed by atoms with E-state index >= 15 is 0 Å². The van der Waals surface area contributed by atoms with Crippen molar-refractivity contribution in [3.8, 4) is 0 Å². The van der Waals surface area contributed by atoms with Crippen LogP contribution in [0, 0.1) is 0 Å². The van der Waals surface area contributed by atoms with Gasteiger partial charge in [0.05, 0.1) is 0 Å². The zero-order chi connectivity index (χ0) is 9.40. The highest BCUT2D eigenvalue weighted by Crippen LogP contribution is 2.19. The molecule has 2 atom stereocenters.